The van der Waals surface area contributed by atoms with Crippen molar-refractivity contribution in [3.05, 3.63) is 108 Å². The van der Waals surface area contributed by atoms with Gasteiger partial charge in [0.1, 0.15) is 5.92 Å². The molecule has 0 radical (unpaired) electrons. The lowest BCUT2D eigenvalue weighted by atomic mass is 9.68. The summed E-state index contributed by atoms with van der Waals surface area (Å²) in [6, 6.07) is 27.6. The number of fused-ring (bicyclic) bond motifs is 3. The van der Waals surface area contributed by atoms with E-state index in [2.05, 4.69) is 17.4 Å². The molecule has 3 aromatic rings. The minimum atomic E-state index is -0.735. The summed E-state index contributed by atoms with van der Waals surface area (Å²) >= 11 is 0. The first-order chi connectivity index (χ1) is 14.2. The molecule has 1 N–H and O–H groups in total. The number of nitrogens with one attached hydrogen (secondary N) is 1. The number of carbonyl (C=O) groups is 2. The third kappa shape index (κ3) is 3.09. The van der Waals surface area contributed by atoms with E-state index in [9.17, 15) is 9.59 Å². The third-order valence-corrected chi connectivity index (χ3v) is 6.07. The Kier molecular flexibility index (Phi) is 4.36. The largest absolute Gasteiger partial charge is 0.325 e. The number of hydrogen-bond donors (Lipinski definition) is 1. The predicted molar refractivity (Wildman–Crippen MR) is 114 cm³/mol. The van der Waals surface area contributed by atoms with Gasteiger partial charge in [0, 0.05) is 11.6 Å². The first kappa shape index (κ1) is 17.6. The van der Waals surface area contributed by atoms with Crippen LogP contribution in [0.1, 0.15) is 22.6 Å². The molecule has 0 saturated heterocycles. The molecule has 5 rings (SSSR count). The van der Waals surface area contributed by atoms with Crippen molar-refractivity contribution in [3.8, 4) is 0 Å². The van der Waals surface area contributed by atoms with Crippen molar-refractivity contribution >= 4 is 23.0 Å². The van der Waals surface area contributed by atoms with Gasteiger partial charge in [-0.3, -0.25) is 9.59 Å². The molecule has 3 aromatic carbocycles. The summed E-state index contributed by atoms with van der Waals surface area (Å²) in [4.78, 5) is 26.5. The Bertz CT molecular complexity index is 1100. The highest BCUT2D eigenvalue weighted by Crippen LogP contribution is 2.50. The molecule has 3 nitrogen and oxygen atoms in total. The van der Waals surface area contributed by atoms with Gasteiger partial charge in [-0.25, -0.2) is 0 Å². The van der Waals surface area contributed by atoms with Crippen LogP contribution in [0.4, 0.5) is 5.69 Å². The average molecular weight is 379 g/mol. The van der Waals surface area contributed by atoms with Gasteiger partial charge in [0.25, 0.3) is 0 Å². The standard InChI is InChI=1S/C26H21NO2/c28-23-16-21-20-14-8-7-11-18(20)15-22(21)24(17-9-3-1-4-10-17)25(23)26(29)27-19-12-5-2-6-13-19/h1-14,16,22,24-25H,15H2,(H,27,29). The fourth-order valence-electron chi connectivity index (χ4n) is 4.82. The van der Waals surface area contributed by atoms with Gasteiger partial charge < -0.3 is 5.32 Å². The van der Waals surface area contributed by atoms with Crippen LogP contribution in [-0.4, -0.2) is 11.7 Å². The second-order valence-electron chi connectivity index (χ2n) is 7.74. The van der Waals surface area contributed by atoms with Crippen LogP contribution in [0, 0.1) is 11.8 Å². The summed E-state index contributed by atoms with van der Waals surface area (Å²) in [5, 5.41) is 2.95. The molecule has 3 atom stereocenters. The van der Waals surface area contributed by atoms with Crippen molar-refractivity contribution in [1.29, 1.82) is 0 Å². The Balaban J connectivity index is 1.57. The van der Waals surface area contributed by atoms with Crippen molar-refractivity contribution < 1.29 is 9.59 Å². The summed E-state index contributed by atoms with van der Waals surface area (Å²) in [5.74, 6) is -1.14. The lowest BCUT2D eigenvalue weighted by Crippen LogP contribution is -2.39. The maximum atomic E-state index is 13.3. The van der Waals surface area contributed by atoms with Gasteiger partial charge in [0.15, 0.2) is 5.78 Å². The molecule has 0 aliphatic heterocycles. The fraction of sp³-hybridized carbons (Fsp3) is 0.154. The Morgan fingerprint density at radius 2 is 1.48 bits per heavy atom. The normalized spacial score (nSPS) is 22.4. The van der Waals surface area contributed by atoms with Crippen molar-refractivity contribution in [2.75, 3.05) is 5.32 Å². The van der Waals surface area contributed by atoms with E-state index in [1.807, 2.05) is 72.8 Å². The molecule has 0 bridgehead atoms. The highest BCUT2D eigenvalue weighted by molar-refractivity contribution is 6.16. The van der Waals surface area contributed by atoms with Crippen LogP contribution in [0.3, 0.4) is 0 Å². The van der Waals surface area contributed by atoms with Gasteiger partial charge in [-0.15, -0.1) is 0 Å². The second kappa shape index (κ2) is 7.17. The molecule has 2 aliphatic rings. The second-order valence-corrected chi connectivity index (χ2v) is 7.74. The van der Waals surface area contributed by atoms with E-state index >= 15 is 0 Å². The SMILES string of the molecule is O=C1C=C2c3ccccc3CC2C(c2ccccc2)C1C(=O)Nc1ccccc1. The molecule has 0 spiro atoms. The molecule has 3 heteroatoms. The van der Waals surface area contributed by atoms with Crippen LogP contribution in [-0.2, 0) is 16.0 Å². The Morgan fingerprint density at radius 1 is 0.828 bits per heavy atom. The Morgan fingerprint density at radius 3 is 2.24 bits per heavy atom. The first-order valence-electron chi connectivity index (χ1n) is 9.97. The first-order valence-corrected chi connectivity index (χ1v) is 9.97. The van der Waals surface area contributed by atoms with Crippen LogP contribution in [0.2, 0.25) is 0 Å². The fourth-order valence-corrected chi connectivity index (χ4v) is 4.82. The molecule has 1 amide bonds. The molecular weight excluding hydrogens is 358 g/mol. The van der Waals surface area contributed by atoms with E-state index in [0.717, 1.165) is 23.1 Å². The highest BCUT2D eigenvalue weighted by Gasteiger charge is 2.47. The van der Waals surface area contributed by atoms with E-state index in [-0.39, 0.29) is 23.5 Å². The van der Waals surface area contributed by atoms with E-state index in [4.69, 9.17) is 0 Å². The zero-order valence-electron chi connectivity index (χ0n) is 15.9. The van der Waals surface area contributed by atoms with E-state index in [0.29, 0.717) is 5.69 Å². The smallest absolute Gasteiger partial charge is 0.235 e. The summed E-state index contributed by atoms with van der Waals surface area (Å²) in [5.41, 5.74) is 5.22. The zero-order chi connectivity index (χ0) is 19.8. The van der Waals surface area contributed by atoms with Gasteiger partial charge >= 0.3 is 0 Å². The average Bonchev–Trinajstić information content (AvgIpc) is 3.12. The maximum Gasteiger partial charge on any atom is 0.235 e. The zero-order valence-corrected chi connectivity index (χ0v) is 15.9. The molecule has 142 valence electrons. The van der Waals surface area contributed by atoms with Crippen LogP contribution in [0.15, 0.2) is 91.0 Å². The lowest BCUT2D eigenvalue weighted by Gasteiger charge is -2.34. The number of rotatable bonds is 3. The van der Waals surface area contributed by atoms with Gasteiger partial charge in [-0.1, -0.05) is 72.8 Å². The molecular formula is C26H21NO2. The van der Waals surface area contributed by atoms with Crippen LogP contribution >= 0.6 is 0 Å². The topological polar surface area (TPSA) is 46.2 Å². The maximum absolute atomic E-state index is 13.3. The third-order valence-electron chi connectivity index (χ3n) is 6.07. The lowest BCUT2D eigenvalue weighted by molar-refractivity contribution is -0.130. The van der Waals surface area contributed by atoms with Crippen molar-refractivity contribution in [2.24, 2.45) is 11.8 Å². The van der Waals surface area contributed by atoms with Crippen molar-refractivity contribution in [3.63, 3.8) is 0 Å². The Labute approximate surface area is 170 Å². The number of benzene rings is 3. The monoisotopic (exact) mass is 379 g/mol. The number of anilines is 1. The van der Waals surface area contributed by atoms with Gasteiger partial charge in [0.05, 0.1) is 0 Å². The van der Waals surface area contributed by atoms with E-state index < -0.39 is 5.92 Å². The quantitative estimate of drug-likeness (QED) is 0.661. The molecule has 0 aromatic heterocycles. The number of ketones is 1. The number of hydrogen-bond acceptors (Lipinski definition) is 2. The van der Waals surface area contributed by atoms with Crippen LogP contribution in [0.5, 0.6) is 0 Å². The van der Waals surface area contributed by atoms with Crippen LogP contribution in [0.25, 0.3) is 5.57 Å². The van der Waals surface area contributed by atoms with Gasteiger partial charge in [-0.05, 0) is 52.8 Å². The van der Waals surface area contributed by atoms with Gasteiger partial charge in [-0.2, -0.15) is 0 Å². The molecule has 3 unspecified atom stereocenters. The molecule has 0 fully saturated rings. The number of amides is 1. The highest BCUT2D eigenvalue weighted by atomic mass is 16.2. The summed E-state index contributed by atoms with van der Waals surface area (Å²) in [7, 11) is 0. The van der Waals surface area contributed by atoms with E-state index in [1.165, 1.54) is 5.56 Å². The molecule has 0 saturated carbocycles. The number of para-hydroxylation sites is 1. The summed E-state index contributed by atoms with van der Waals surface area (Å²) in [6.07, 6.45) is 2.56. The molecule has 0 heterocycles. The van der Waals surface area contributed by atoms with Crippen molar-refractivity contribution in [2.45, 2.75) is 12.3 Å². The predicted octanol–water partition coefficient (Wildman–Crippen LogP) is 4.86. The summed E-state index contributed by atoms with van der Waals surface area (Å²) in [6.45, 7) is 0. The van der Waals surface area contributed by atoms with E-state index in [1.54, 1.807) is 6.08 Å². The minimum absolute atomic E-state index is 0.116. The molecule has 29 heavy (non-hydrogen) atoms. The Hall–Kier alpha value is -3.46. The van der Waals surface area contributed by atoms with Crippen LogP contribution < -0.4 is 5.32 Å². The van der Waals surface area contributed by atoms with Crippen molar-refractivity contribution in [1.82, 2.24) is 0 Å². The minimum Gasteiger partial charge on any atom is -0.325 e. The number of allylic oxidation sites excluding steroid dienone is 2. The summed E-state index contributed by atoms with van der Waals surface area (Å²) < 4.78 is 0. The number of carbonyl (C=O) groups excluding carboxylic acids is 2. The van der Waals surface area contributed by atoms with Gasteiger partial charge in [0.2, 0.25) is 5.91 Å². The molecule has 2 aliphatic carbocycles.